The lowest BCUT2D eigenvalue weighted by atomic mass is 9.97. The minimum absolute atomic E-state index is 0.194. The highest BCUT2D eigenvalue weighted by molar-refractivity contribution is 5.90. The Morgan fingerprint density at radius 2 is 2.21 bits per heavy atom. The predicted octanol–water partition coefficient (Wildman–Crippen LogP) is 2.08. The highest BCUT2D eigenvalue weighted by atomic mass is 16.1. The number of rotatable bonds is 3. The molecule has 0 saturated heterocycles. The number of ketones is 1. The molecule has 0 aliphatic heterocycles. The van der Waals surface area contributed by atoms with Crippen LogP contribution in [0.4, 0.5) is 0 Å². The van der Waals surface area contributed by atoms with Gasteiger partial charge in [0.15, 0.2) is 0 Å². The molecule has 1 aromatic rings. The van der Waals surface area contributed by atoms with Crippen molar-refractivity contribution in [2.45, 2.75) is 45.1 Å². The van der Waals surface area contributed by atoms with Gasteiger partial charge in [-0.15, -0.1) is 0 Å². The van der Waals surface area contributed by atoms with Gasteiger partial charge in [-0.25, -0.2) is 0 Å². The van der Waals surface area contributed by atoms with Crippen molar-refractivity contribution in [2.24, 2.45) is 0 Å². The third-order valence-electron chi connectivity index (χ3n) is 3.07. The van der Waals surface area contributed by atoms with Crippen molar-refractivity contribution in [3.63, 3.8) is 0 Å². The summed E-state index contributed by atoms with van der Waals surface area (Å²) in [6, 6.07) is 2.31. The molecule has 0 N–H and O–H groups in total. The van der Waals surface area contributed by atoms with Crippen LogP contribution in [0.2, 0.25) is 0 Å². The summed E-state index contributed by atoms with van der Waals surface area (Å²) in [6.07, 6.45) is 3.76. The van der Waals surface area contributed by atoms with Crippen LogP contribution in [-0.4, -0.2) is 15.6 Å². The molecule has 0 aromatic carbocycles. The van der Waals surface area contributed by atoms with Gasteiger partial charge in [0.25, 0.3) is 0 Å². The molecule has 0 atom stereocenters. The maximum Gasteiger partial charge on any atom is 0.141 e. The van der Waals surface area contributed by atoms with Crippen LogP contribution in [0, 0.1) is 0 Å². The van der Waals surface area contributed by atoms with Crippen LogP contribution in [0.15, 0.2) is 12.3 Å². The molecule has 0 radical (unpaired) electrons. The van der Waals surface area contributed by atoms with Gasteiger partial charge in [0.2, 0.25) is 0 Å². The Hall–Kier alpha value is -1.12. The number of carbonyl (C=O) groups is 1. The van der Waals surface area contributed by atoms with Gasteiger partial charge >= 0.3 is 0 Å². The van der Waals surface area contributed by atoms with Gasteiger partial charge < -0.3 is 0 Å². The fraction of sp³-hybridized carbons (Fsp3) is 0.636. The van der Waals surface area contributed by atoms with E-state index in [-0.39, 0.29) is 11.2 Å². The molecular weight excluding hydrogens is 176 g/mol. The molecule has 0 unspecified atom stereocenters. The molecule has 3 heteroatoms. The summed E-state index contributed by atoms with van der Waals surface area (Å²) in [4.78, 5) is 11.6. The number of hydrogen-bond acceptors (Lipinski definition) is 2. The summed E-state index contributed by atoms with van der Waals surface area (Å²) < 4.78 is 1.97. The maximum absolute atomic E-state index is 11.6. The van der Waals surface area contributed by atoms with Crippen molar-refractivity contribution in [1.29, 1.82) is 0 Å². The summed E-state index contributed by atoms with van der Waals surface area (Å²) in [6.45, 7) is 5.87. The van der Waals surface area contributed by atoms with E-state index in [0.717, 1.165) is 18.5 Å². The predicted molar refractivity (Wildman–Crippen MR) is 54.2 cm³/mol. The summed E-state index contributed by atoms with van der Waals surface area (Å²) in [5, 5.41) is 4.27. The molecule has 76 valence electrons. The Bertz CT molecular complexity index is 361. The van der Waals surface area contributed by atoms with Crippen molar-refractivity contribution < 1.29 is 4.79 Å². The summed E-state index contributed by atoms with van der Waals surface area (Å²) >= 11 is 0. The first kappa shape index (κ1) is 9.44. The second-order valence-electron chi connectivity index (χ2n) is 4.39. The Balaban J connectivity index is 2.42. The quantitative estimate of drug-likeness (QED) is 0.735. The van der Waals surface area contributed by atoms with Gasteiger partial charge in [-0.2, -0.15) is 5.10 Å². The van der Waals surface area contributed by atoms with Gasteiger partial charge in [-0.05, 0) is 39.7 Å². The van der Waals surface area contributed by atoms with Gasteiger partial charge in [-0.1, -0.05) is 0 Å². The van der Waals surface area contributed by atoms with E-state index in [2.05, 4.69) is 18.9 Å². The van der Waals surface area contributed by atoms with E-state index in [1.165, 1.54) is 0 Å². The van der Waals surface area contributed by atoms with Crippen LogP contribution in [0.1, 0.15) is 45.3 Å². The van der Waals surface area contributed by atoms with Crippen molar-refractivity contribution in [3.05, 3.63) is 18.0 Å². The second kappa shape index (κ2) is 2.94. The summed E-state index contributed by atoms with van der Waals surface area (Å²) in [5.74, 6) is 0.278. The molecule has 2 rings (SSSR count). The van der Waals surface area contributed by atoms with Crippen LogP contribution >= 0.6 is 0 Å². The van der Waals surface area contributed by atoms with E-state index in [9.17, 15) is 4.79 Å². The molecule has 3 nitrogen and oxygen atoms in total. The van der Waals surface area contributed by atoms with E-state index in [0.29, 0.717) is 6.04 Å². The summed E-state index contributed by atoms with van der Waals surface area (Å²) in [5.41, 5.74) is 0.904. The molecule has 1 aliphatic rings. The number of carbonyl (C=O) groups excluding carboxylic acids is 1. The minimum Gasteiger partial charge on any atom is -0.299 e. The Labute approximate surface area is 84.1 Å². The Kier molecular flexibility index (Phi) is 1.98. The highest BCUT2D eigenvalue weighted by Crippen LogP contribution is 2.49. The summed E-state index contributed by atoms with van der Waals surface area (Å²) in [7, 11) is 0. The van der Waals surface area contributed by atoms with E-state index in [1.807, 2.05) is 10.7 Å². The van der Waals surface area contributed by atoms with E-state index in [1.54, 1.807) is 13.1 Å². The minimum atomic E-state index is -0.194. The lowest BCUT2D eigenvalue weighted by molar-refractivity contribution is -0.119. The molecule has 1 saturated carbocycles. The molecule has 0 amide bonds. The van der Waals surface area contributed by atoms with Crippen molar-refractivity contribution in [2.75, 3.05) is 0 Å². The fourth-order valence-electron chi connectivity index (χ4n) is 2.02. The van der Waals surface area contributed by atoms with Crippen molar-refractivity contribution in [3.8, 4) is 0 Å². The van der Waals surface area contributed by atoms with Gasteiger partial charge in [0.05, 0.1) is 11.1 Å². The van der Waals surface area contributed by atoms with Gasteiger partial charge in [0, 0.05) is 12.2 Å². The fourth-order valence-corrected chi connectivity index (χ4v) is 2.02. The largest absolute Gasteiger partial charge is 0.299 e. The van der Waals surface area contributed by atoms with Gasteiger partial charge in [0.1, 0.15) is 5.78 Å². The van der Waals surface area contributed by atoms with Crippen LogP contribution in [0.5, 0.6) is 0 Å². The van der Waals surface area contributed by atoms with Crippen molar-refractivity contribution >= 4 is 5.78 Å². The van der Waals surface area contributed by atoms with Gasteiger partial charge in [-0.3, -0.25) is 9.48 Å². The molecule has 1 aromatic heterocycles. The first-order chi connectivity index (χ1) is 6.58. The SMILES string of the molecule is CC(=O)C1(c2ccnn2C(C)C)CC1. The molecule has 14 heavy (non-hydrogen) atoms. The first-order valence-electron chi connectivity index (χ1n) is 5.13. The first-order valence-corrected chi connectivity index (χ1v) is 5.13. The molecule has 1 heterocycles. The smallest absolute Gasteiger partial charge is 0.141 e. The second-order valence-corrected chi connectivity index (χ2v) is 4.39. The third-order valence-corrected chi connectivity index (χ3v) is 3.07. The number of Topliss-reactive ketones (excluding diaryl/α,β-unsaturated/α-hetero) is 1. The molecule has 1 fully saturated rings. The number of hydrogen-bond donors (Lipinski definition) is 0. The number of aromatic nitrogens is 2. The lowest BCUT2D eigenvalue weighted by Gasteiger charge is -2.16. The average molecular weight is 192 g/mol. The lowest BCUT2D eigenvalue weighted by Crippen LogP contribution is -2.22. The zero-order valence-electron chi connectivity index (χ0n) is 8.95. The van der Waals surface area contributed by atoms with E-state index < -0.39 is 0 Å². The average Bonchev–Trinajstić information content (AvgIpc) is 2.77. The van der Waals surface area contributed by atoms with Crippen molar-refractivity contribution in [1.82, 2.24) is 9.78 Å². The number of nitrogens with zero attached hydrogens (tertiary/aromatic N) is 2. The third kappa shape index (κ3) is 1.19. The molecule has 0 bridgehead atoms. The maximum atomic E-state index is 11.6. The normalized spacial score (nSPS) is 18.6. The van der Waals surface area contributed by atoms with Crippen LogP contribution in [0.25, 0.3) is 0 Å². The van der Waals surface area contributed by atoms with Crippen LogP contribution in [0.3, 0.4) is 0 Å². The highest BCUT2D eigenvalue weighted by Gasteiger charge is 2.51. The van der Waals surface area contributed by atoms with E-state index >= 15 is 0 Å². The Morgan fingerprint density at radius 1 is 1.57 bits per heavy atom. The Morgan fingerprint density at radius 3 is 2.64 bits per heavy atom. The topological polar surface area (TPSA) is 34.9 Å². The standard InChI is InChI=1S/C11H16N2O/c1-8(2)13-10(4-7-12-13)11(5-6-11)9(3)14/h4,7-8H,5-6H2,1-3H3. The van der Waals surface area contributed by atoms with Crippen LogP contribution in [-0.2, 0) is 10.2 Å². The molecule has 1 aliphatic carbocycles. The van der Waals surface area contributed by atoms with Crippen LogP contribution < -0.4 is 0 Å². The molecule has 0 spiro atoms. The monoisotopic (exact) mass is 192 g/mol. The zero-order valence-corrected chi connectivity index (χ0v) is 8.95. The zero-order chi connectivity index (χ0) is 10.3. The molecular formula is C11H16N2O. The van der Waals surface area contributed by atoms with E-state index in [4.69, 9.17) is 0 Å².